The van der Waals surface area contributed by atoms with Gasteiger partial charge in [-0.25, -0.2) is 4.57 Å². The van der Waals surface area contributed by atoms with Gasteiger partial charge in [-0.2, -0.15) is 0 Å². The van der Waals surface area contributed by atoms with Gasteiger partial charge in [0.1, 0.15) is 11.5 Å². The molecule has 0 aliphatic heterocycles. The molecule has 1 aromatic carbocycles. The highest BCUT2D eigenvalue weighted by Gasteiger charge is 2.25. The van der Waals surface area contributed by atoms with Gasteiger partial charge in [-0.1, -0.05) is 58.8 Å². The van der Waals surface area contributed by atoms with E-state index in [-0.39, 0.29) is 0 Å². The summed E-state index contributed by atoms with van der Waals surface area (Å²) in [6, 6.07) is 7.15. The van der Waals surface area contributed by atoms with Crippen LogP contribution in [0.2, 0.25) is 0 Å². The van der Waals surface area contributed by atoms with Crippen LogP contribution in [0.5, 0.6) is 11.5 Å². The average molecular weight is 370 g/mol. The van der Waals surface area contributed by atoms with E-state index in [0.717, 1.165) is 31.4 Å². The first-order chi connectivity index (χ1) is 12.1. The Morgan fingerprint density at radius 2 is 1.36 bits per heavy atom. The molecule has 0 spiro atoms. The van der Waals surface area contributed by atoms with Crippen LogP contribution in [-0.4, -0.2) is 19.9 Å². The van der Waals surface area contributed by atoms with Crippen LogP contribution in [0.25, 0.3) is 0 Å². The third-order valence-electron chi connectivity index (χ3n) is 4.13. The number of methoxy groups -OCH3 is 1. The number of unbranched alkanes of at least 4 members (excludes halogenated alkanes) is 7. The van der Waals surface area contributed by atoms with Gasteiger partial charge >= 0.3 is 7.60 Å². The van der Waals surface area contributed by atoms with Crippen LogP contribution < -0.4 is 9.26 Å². The molecule has 0 bridgehead atoms. The summed E-state index contributed by atoms with van der Waals surface area (Å²) >= 11 is 0. The highest BCUT2D eigenvalue weighted by Crippen LogP contribution is 2.49. The van der Waals surface area contributed by atoms with Gasteiger partial charge in [-0.15, -0.1) is 0 Å². The summed E-state index contributed by atoms with van der Waals surface area (Å²) in [6.07, 6.45) is 10.7. The van der Waals surface area contributed by atoms with Crippen molar-refractivity contribution in [1.29, 1.82) is 0 Å². The van der Waals surface area contributed by atoms with E-state index in [9.17, 15) is 4.57 Å². The van der Waals surface area contributed by atoms with Crippen molar-refractivity contribution < 1.29 is 18.3 Å². The lowest BCUT2D eigenvalue weighted by Crippen LogP contribution is -2.04. The third kappa shape index (κ3) is 9.91. The summed E-state index contributed by atoms with van der Waals surface area (Å²) < 4.78 is 29.6. The maximum absolute atomic E-state index is 13.0. The van der Waals surface area contributed by atoms with Gasteiger partial charge < -0.3 is 9.26 Å². The molecule has 144 valence electrons. The summed E-state index contributed by atoms with van der Waals surface area (Å²) in [4.78, 5) is 0. The maximum Gasteiger partial charge on any atom is 0.379 e. The van der Waals surface area contributed by atoms with E-state index >= 15 is 0 Å². The van der Waals surface area contributed by atoms with Crippen molar-refractivity contribution in [2.75, 3.05) is 19.9 Å². The Morgan fingerprint density at radius 1 is 0.800 bits per heavy atom. The molecule has 0 saturated carbocycles. The van der Waals surface area contributed by atoms with Gasteiger partial charge in [0.25, 0.3) is 0 Å². The molecule has 25 heavy (non-hydrogen) atoms. The fourth-order valence-electron chi connectivity index (χ4n) is 2.55. The zero-order chi connectivity index (χ0) is 18.4. The first-order valence-electron chi connectivity index (χ1n) is 9.70. The minimum absolute atomic E-state index is 0.464. The largest absolute Gasteiger partial charge is 0.497 e. The van der Waals surface area contributed by atoms with Gasteiger partial charge in [0.05, 0.1) is 19.9 Å². The molecule has 4 nitrogen and oxygen atoms in total. The minimum Gasteiger partial charge on any atom is -0.497 e. The van der Waals surface area contributed by atoms with Crippen LogP contribution in [-0.2, 0) is 9.09 Å². The summed E-state index contributed by atoms with van der Waals surface area (Å²) in [6.45, 7) is 4.81. The summed E-state index contributed by atoms with van der Waals surface area (Å²) in [5, 5.41) is 0. The molecular formula is C20H35O4P. The standard InChI is InChI=1S/C20H35O4P/c1-4-6-8-9-10-11-12-17-23-25(21,18-7-5-2)24-20-15-13-19(22-3)14-16-20/h13-16H,4-12,17-18H2,1-3H3. The third-order valence-corrected chi connectivity index (χ3v) is 6.05. The molecule has 0 amide bonds. The van der Waals surface area contributed by atoms with Gasteiger partial charge in [0.2, 0.25) is 0 Å². The fraction of sp³-hybridized carbons (Fsp3) is 0.700. The Labute approximate surface area is 153 Å². The lowest BCUT2D eigenvalue weighted by Gasteiger charge is -2.19. The van der Waals surface area contributed by atoms with E-state index in [2.05, 4.69) is 13.8 Å². The van der Waals surface area contributed by atoms with E-state index in [4.69, 9.17) is 13.8 Å². The van der Waals surface area contributed by atoms with E-state index < -0.39 is 7.60 Å². The Balaban J connectivity index is 2.41. The van der Waals surface area contributed by atoms with Crippen molar-refractivity contribution in [3.05, 3.63) is 24.3 Å². The van der Waals surface area contributed by atoms with E-state index in [1.165, 1.54) is 32.1 Å². The van der Waals surface area contributed by atoms with Crippen molar-refractivity contribution in [2.24, 2.45) is 0 Å². The van der Waals surface area contributed by atoms with Crippen LogP contribution in [0.15, 0.2) is 24.3 Å². The molecule has 0 heterocycles. The topological polar surface area (TPSA) is 44.8 Å². The Hall–Kier alpha value is -0.990. The normalized spacial score (nSPS) is 13.4. The zero-order valence-corrected chi connectivity index (χ0v) is 17.1. The number of ether oxygens (including phenoxy) is 1. The first kappa shape index (κ1) is 22.1. The molecule has 0 aromatic heterocycles. The van der Waals surface area contributed by atoms with Crippen LogP contribution >= 0.6 is 7.60 Å². The number of hydrogen-bond donors (Lipinski definition) is 0. The van der Waals surface area contributed by atoms with E-state index in [0.29, 0.717) is 18.5 Å². The second-order valence-electron chi connectivity index (χ2n) is 6.41. The predicted molar refractivity (Wildman–Crippen MR) is 105 cm³/mol. The highest BCUT2D eigenvalue weighted by molar-refractivity contribution is 7.54. The Kier molecular flexibility index (Phi) is 11.7. The van der Waals surface area contributed by atoms with Crippen molar-refractivity contribution in [3.63, 3.8) is 0 Å². The second-order valence-corrected chi connectivity index (χ2v) is 8.52. The summed E-state index contributed by atoms with van der Waals surface area (Å²) in [7, 11) is -1.47. The molecule has 0 aliphatic carbocycles. The van der Waals surface area contributed by atoms with Gasteiger partial charge in [-0.3, -0.25) is 4.52 Å². The van der Waals surface area contributed by atoms with Crippen LogP contribution in [0.1, 0.15) is 71.6 Å². The lowest BCUT2D eigenvalue weighted by atomic mass is 10.1. The molecule has 0 fully saturated rings. The predicted octanol–water partition coefficient (Wildman–Crippen LogP) is 6.83. The molecule has 1 aromatic rings. The molecule has 1 rings (SSSR count). The van der Waals surface area contributed by atoms with Crippen molar-refractivity contribution in [2.45, 2.75) is 71.6 Å². The lowest BCUT2D eigenvalue weighted by molar-refractivity contribution is 0.256. The van der Waals surface area contributed by atoms with Gasteiger partial charge in [0.15, 0.2) is 0 Å². The quantitative estimate of drug-likeness (QED) is 0.250. The van der Waals surface area contributed by atoms with Crippen LogP contribution in [0, 0.1) is 0 Å². The first-order valence-corrected chi connectivity index (χ1v) is 11.4. The minimum atomic E-state index is -3.09. The molecule has 0 N–H and O–H groups in total. The smallest absolute Gasteiger partial charge is 0.379 e. The molecule has 1 unspecified atom stereocenters. The fourth-order valence-corrected chi connectivity index (χ4v) is 4.38. The van der Waals surface area contributed by atoms with Crippen LogP contribution in [0.3, 0.4) is 0 Å². The number of rotatable bonds is 15. The molecule has 0 radical (unpaired) electrons. The summed E-state index contributed by atoms with van der Waals surface area (Å²) in [5.74, 6) is 1.32. The van der Waals surface area contributed by atoms with Gasteiger partial charge in [-0.05, 0) is 37.1 Å². The molecule has 5 heteroatoms. The van der Waals surface area contributed by atoms with Crippen molar-refractivity contribution in [1.82, 2.24) is 0 Å². The number of benzene rings is 1. The van der Waals surface area contributed by atoms with Crippen molar-refractivity contribution >= 4 is 7.60 Å². The zero-order valence-electron chi connectivity index (χ0n) is 16.2. The van der Waals surface area contributed by atoms with Crippen LogP contribution in [0.4, 0.5) is 0 Å². The average Bonchev–Trinajstić information content (AvgIpc) is 2.63. The van der Waals surface area contributed by atoms with Gasteiger partial charge in [0, 0.05) is 0 Å². The summed E-state index contributed by atoms with van der Waals surface area (Å²) in [5.41, 5.74) is 0. The number of hydrogen-bond acceptors (Lipinski definition) is 4. The highest BCUT2D eigenvalue weighted by atomic mass is 31.2. The Morgan fingerprint density at radius 3 is 1.96 bits per heavy atom. The van der Waals surface area contributed by atoms with Crippen molar-refractivity contribution in [3.8, 4) is 11.5 Å². The SMILES string of the molecule is CCCCCCCCCOP(=O)(CCCC)Oc1ccc(OC)cc1. The molecule has 0 aliphatic rings. The monoisotopic (exact) mass is 370 g/mol. The second kappa shape index (κ2) is 13.2. The van der Waals surface area contributed by atoms with E-state index in [1.54, 1.807) is 31.4 Å². The Bertz CT molecular complexity index is 487. The molecule has 0 saturated heterocycles. The molecular weight excluding hydrogens is 335 g/mol. The van der Waals surface area contributed by atoms with E-state index in [1.807, 2.05) is 0 Å². The maximum atomic E-state index is 13.0. The molecule has 1 atom stereocenters.